The lowest BCUT2D eigenvalue weighted by Gasteiger charge is -2.20. The molecule has 108 valence electrons. The summed E-state index contributed by atoms with van der Waals surface area (Å²) in [5, 5.41) is 3.83. The first-order valence-electron chi connectivity index (χ1n) is 7.48. The summed E-state index contributed by atoms with van der Waals surface area (Å²) in [5.74, 6) is 0.00511. The molecule has 1 fully saturated rings. The Hall–Kier alpha value is -1.28. The van der Waals surface area contributed by atoms with Crippen LogP contribution in [-0.2, 0) is 4.79 Å². The van der Waals surface area contributed by atoms with Gasteiger partial charge in [0.05, 0.1) is 0 Å². The Labute approximate surface area is 126 Å². The number of amides is 1. The average molecular weight is 292 g/mol. The summed E-state index contributed by atoms with van der Waals surface area (Å²) in [5.41, 5.74) is 0.988. The van der Waals surface area contributed by atoms with E-state index < -0.39 is 0 Å². The molecular formula is C17H22ClNO. The Bertz CT molecular complexity index is 445. The second-order valence-corrected chi connectivity index (χ2v) is 5.87. The smallest absolute Gasteiger partial charge is 0.244 e. The maximum atomic E-state index is 11.9. The van der Waals surface area contributed by atoms with Crippen molar-refractivity contribution in [2.75, 3.05) is 0 Å². The molecule has 0 spiro atoms. The molecule has 2 nitrogen and oxygen atoms in total. The number of hydrogen-bond acceptors (Lipinski definition) is 1. The summed E-state index contributed by atoms with van der Waals surface area (Å²) in [6, 6.07) is 7.81. The normalized spacial score (nSPS) is 17.6. The van der Waals surface area contributed by atoms with Gasteiger partial charge in [-0.2, -0.15) is 0 Å². The van der Waals surface area contributed by atoms with Crippen molar-refractivity contribution in [2.24, 2.45) is 0 Å². The third-order valence-electron chi connectivity index (χ3n) is 3.75. The van der Waals surface area contributed by atoms with Crippen LogP contribution in [0.3, 0.4) is 0 Å². The van der Waals surface area contributed by atoms with Crippen LogP contribution < -0.4 is 5.32 Å². The van der Waals surface area contributed by atoms with Gasteiger partial charge in [-0.3, -0.25) is 4.79 Å². The van der Waals surface area contributed by atoms with Gasteiger partial charge in [-0.25, -0.2) is 0 Å². The van der Waals surface area contributed by atoms with E-state index in [-0.39, 0.29) is 5.91 Å². The molecule has 2 rings (SSSR count). The SMILES string of the molecule is O=C(C=Cc1ccc(Cl)cc1)NC1CCCCCCC1. The number of carbonyl (C=O) groups excluding carboxylic acids is 1. The number of rotatable bonds is 3. The second kappa shape index (κ2) is 8.11. The van der Waals surface area contributed by atoms with Crippen molar-refractivity contribution in [3.8, 4) is 0 Å². The monoisotopic (exact) mass is 291 g/mol. The van der Waals surface area contributed by atoms with E-state index in [2.05, 4.69) is 5.32 Å². The van der Waals surface area contributed by atoms with Crippen LogP contribution in [0.25, 0.3) is 6.08 Å². The molecule has 0 atom stereocenters. The van der Waals surface area contributed by atoms with E-state index in [1.807, 2.05) is 30.3 Å². The molecule has 3 heteroatoms. The lowest BCUT2D eigenvalue weighted by atomic mass is 9.97. The molecule has 0 saturated heterocycles. The number of halogens is 1. The fourth-order valence-corrected chi connectivity index (χ4v) is 2.72. The van der Waals surface area contributed by atoms with Crippen LogP contribution in [0.5, 0.6) is 0 Å². The second-order valence-electron chi connectivity index (χ2n) is 5.44. The third kappa shape index (κ3) is 5.38. The predicted octanol–water partition coefficient (Wildman–Crippen LogP) is 4.58. The van der Waals surface area contributed by atoms with Gasteiger partial charge in [0.1, 0.15) is 0 Å². The van der Waals surface area contributed by atoms with Crippen LogP contribution in [-0.4, -0.2) is 11.9 Å². The highest BCUT2D eigenvalue weighted by Crippen LogP contribution is 2.17. The maximum absolute atomic E-state index is 11.9. The van der Waals surface area contributed by atoms with E-state index in [1.54, 1.807) is 6.08 Å². The van der Waals surface area contributed by atoms with E-state index in [0.717, 1.165) is 18.4 Å². The van der Waals surface area contributed by atoms with Crippen LogP contribution in [0.2, 0.25) is 5.02 Å². The first kappa shape index (κ1) is 15.1. The van der Waals surface area contributed by atoms with E-state index in [0.29, 0.717) is 11.1 Å². The summed E-state index contributed by atoms with van der Waals surface area (Å²) in [7, 11) is 0. The zero-order chi connectivity index (χ0) is 14.2. The highest BCUT2D eigenvalue weighted by atomic mass is 35.5. The maximum Gasteiger partial charge on any atom is 0.244 e. The van der Waals surface area contributed by atoms with Crippen LogP contribution in [0.15, 0.2) is 30.3 Å². The minimum Gasteiger partial charge on any atom is -0.350 e. The molecule has 0 aromatic heterocycles. The van der Waals surface area contributed by atoms with Gasteiger partial charge in [0.2, 0.25) is 5.91 Å². The Morgan fingerprint density at radius 2 is 1.65 bits per heavy atom. The van der Waals surface area contributed by atoms with Gasteiger partial charge in [0, 0.05) is 17.1 Å². The van der Waals surface area contributed by atoms with Crippen molar-refractivity contribution in [1.29, 1.82) is 0 Å². The van der Waals surface area contributed by atoms with Gasteiger partial charge in [-0.1, -0.05) is 55.8 Å². The highest BCUT2D eigenvalue weighted by molar-refractivity contribution is 6.30. The lowest BCUT2D eigenvalue weighted by molar-refractivity contribution is -0.117. The fraction of sp³-hybridized carbons (Fsp3) is 0.471. The molecule has 0 radical (unpaired) electrons. The average Bonchev–Trinajstić information content (AvgIpc) is 2.41. The van der Waals surface area contributed by atoms with Gasteiger partial charge >= 0.3 is 0 Å². The van der Waals surface area contributed by atoms with Crippen molar-refractivity contribution < 1.29 is 4.79 Å². The molecule has 0 aliphatic heterocycles. The Kier molecular flexibility index (Phi) is 6.13. The largest absolute Gasteiger partial charge is 0.350 e. The van der Waals surface area contributed by atoms with Gasteiger partial charge < -0.3 is 5.32 Å². The zero-order valence-electron chi connectivity index (χ0n) is 11.8. The molecule has 1 aliphatic carbocycles. The third-order valence-corrected chi connectivity index (χ3v) is 4.00. The number of nitrogens with one attached hydrogen (secondary N) is 1. The van der Waals surface area contributed by atoms with E-state index in [4.69, 9.17) is 11.6 Å². The molecule has 0 bridgehead atoms. The molecule has 20 heavy (non-hydrogen) atoms. The van der Waals surface area contributed by atoms with Gasteiger partial charge in [0.25, 0.3) is 0 Å². The van der Waals surface area contributed by atoms with E-state index >= 15 is 0 Å². The van der Waals surface area contributed by atoms with Crippen molar-refractivity contribution in [2.45, 2.75) is 51.0 Å². The number of hydrogen-bond donors (Lipinski definition) is 1. The van der Waals surface area contributed by atoms with Crippen LogP contribution in [0.1, 0.15) is 50.5 Å². The van der Waals surface area contributed by atoms with Crippen LogP contribution in [0.4, 0.5) is 0 Å². The van der Waals surface area contributed by atoms with Crippen molar-refractivity contribution in [3.63, 3.8) is 0 Å². The Morgan fingerprint density at radius 3 is 2.30 bits per heavy atom. The summed E-state index contributed by atoms with van der Waals surface area (Å²) in [4.78, 5) is 11.9. The molecule has 1 amide bonds. The van der Waals surface area contributed by atoms with Gasteiger partial charge in [0.15, 0.2) is 0 Å². The lowest BCUT2D eigenvalue weighted by Crippen LogP contribution is -2.34. The van der Waals surface area contributed by atoms with Crippen molar-refractivity contribution >= 4 is 23.6 Å². The summed E-state index contributed by atoms with van der Waals surface area (Å²) >= 11 is 5.83. The molecule has 1 aromatic rings. The quantitative estimate of drug-likeness (QED) is 0.811. The summed E-state index contributed by atoms with van der Waals surface area (Å²) in [6.07, 6.45) is 12.1. The molecule has 1 aromatic carbocycles. The molecule has 1 N–H and O–H groups in total. The van der Waals surface area contributed by atoms with Crippen LogP contribution in [0, 0.1) is 0 Å². The Morgan fingerprint density at radius 1 is 1.05 bits per heavy atom. The van der Waals surface area contributed by atoms with E-state index in [1.165, 1.54) is 32.1 Å². The number of benzene rings is 1. The highest BCUT2D eigenvalue weighted by Gasteiger charge is 2.12. The minimum atomic E-state index is 0.00511. The standard InChI is InChI=1S/C17H22ClNO/c18-15-11-8-14(9-12-15)10-13-17(20)19-16-6-4-2-1-3-5-7-16/h8-13,16H,1-7H2,(H,19,20). The van der Waals surface area contributed by atoms with E-state index in [9.17, 15) is 4.79 Å². The topological polar surface area (TPSA) is 29.1 Å². The van der Waals surface area contributed by atoms with Gasteiger partial charge in [-0.05, 0) is 36.6 Å². The van der Waals surface area contributed by atoms with Crippen LogP contribution >= 0.6 is 11.6 Å². The molecule has 1 aliphatic rings. The zero-order valence-corrected chi connectivity index (χ0v) is 12.5. The summed E-state index contributed by atoms with van der Waals surface area (Å²) in [6.45, 7) is 0. The van der Waals surface area contributed by atoms with Crippen molar-refractivity contribution in [1.82, 2.24) is 5.32 Å². The minimum absolute atomic E-state index is 0.00511. The molecule has 0 unspecified atom stereocenters. The number of carbonyl (C=O) groups is 1. The first-order valence-corrected chi connectivity index (χ1v) is 7.86. The Balaban J connectivity index is 1.83. The first-order chi connectivity index (χ1) is 9.74. The predicted molar refractivity (Wildman–Crippen MR) is 84.7 cm³/mol. The molecular weight excluding hydrogens is 270 g/mol. The summed E-state index contributed by atoms with van der Waals surface area (Å²) < 4.78 is 0. The van der Waals surface area contributed by atoms with Crippen molar-refractivity contribution in [3.05, 3.63) is 40.9 Å². The van der Waals surface area contributed by atoms with Gasteiger partial charge in [-0.15, -0.1) is 0 Å². The fourth-order valence-electron chi connectivity index (χ4n) is 2.60. The molecule has 1 saturated carbocycles. The molecule has 0 heterocycles.